The topological polar surface area (TPSA) is 123 Å². The van der Waals surface area contributed by atoms with Crippen LogP contribution in [0.15, 0.2) is 35.3 Å². The average Bonchev–Trinajstić information content (AvgIpc) is 2.89. The first-order chi connectivity index (χ1) is 17.7. The number of rotatable bonds is 6. The Morgan fingerprint density at radius 1 is 1.24 bits per heavy atom. The minimum atomic E-state index is -1.07. The second kappa shape index (κ2) is 15.3. The zero-order chi connectivity index (χ0) is 28.2. The molecule has 1 aliphatic carbocycles. The largest absolute Gasteiger partial charge is 0.478 e. The van der Waals surface area contributed by atoms with Crippen molar-refractivity contribution < 1.29 is 9.90 Å². The van der Waals surface area contributed by atoms with Gasteiger partial charge in [0.15, 0.2) is 0 Å². The summed E-state index contributed by atoms with van der Waals surface area (Å²) < 4.78 is 1.46. The number of hydrogen-bond donors (Lipinski definition) is 3. The maximum Gasteiger partial charge on any atom is 0.339 e. The molecule has 204 valence electrons. The SMILES string of the molecule is CC.CC.CCC1(CN)CCC1.Cc1nc2c(CNc3ncccc3C(=O)O)cc(Cl)cc2c(=O)n1C. The number of carboxylic acid groups (broad SMARTS) is 1. The number of hydrogen-bond acceptors (Lipinski definition) is 6. The predicted molar refractivity (Wildman–Crippen MR) is 154 cm³/mol. The Labute approximate surface area is 225 Å². The van der Waals surface area contributed by atoms with E-state index in [1.807, 2.05) is 27.7 Å². The van der Waals surface area contributed by atoms with Crippen molar-refractivity contribution in [2.75, 3.05) is 11.9 Å². The van der Waals surface area contributed by atoms with Gasteiger partial charge in [-0.1, -0.05) is 52.6 Å². The van der Waals surface area contributed by atoms with Gasteiger partial charge in [-0.15, -0.1) is 0 Å². The van der Waals surface area contributed by atoms with Crippen LogP contribution >= 0.6 is 11.6 Å². The van der Waals surface area contributed by atoms with Gasteiger partial charge in [0.25, 0.3) is 5.56 Å². The van der Waals surface area contributed by atoms with E-state index in [0.29, 0.717) is 32.7 Å². The highest BCUT2D eigenvalue weighted by Crippen LogP contribution is 2.42. The highest BCUT2D eigenvalue weighted by atomic mass is 35.5. The summed E-state index contributed by atoms with van der Waals surface area (Å²) in [4.78, 5) is 32.2. The van der Waals surface area contributed by atoms with E-state index in [0.717, 1.165) is 6.54 Å². The van der Waals surface area contributed by atoms with Crippen LogP contribution in [0.1, 0.15) is 82.0 Å². The Morgan fingerprint density at radius 3 is 2.38 bits per heavy atom. The molecule has 2 heterocycles. The maximum absolute atomic E-state index is 12.4. The van der Waals surface area contributed by atoms with E-state index in [2.05, 4.69) is 22.2 Å². The molecule has 0 amide bonds. The number of carboxylic acids is 1. The van der Waals surface area contributed by atoms with E-state index in [-0.39, 0.29) is 23.5 Å². The molecule has 37 heavy (non-hydrogen) atoms. The Bertz CT molecular complexity index is 1210. The molecule has 0 bridgehead atoms. The second-order valence-electron chi connectivity index (χ2n) is 8.45. The summed E-state index contributed by atoms with van der Waals surface area (Å²) in [5, 5.41) is 13.0. The fourth-order valence-electron chi connectivity index (χ4n) is 3.93. The quantitative estimate of drug-likeness (QED) is 0.347. The van der Waals surface area contributed by atoms with Gasteiger partial charge in [0.2, 0.25) is 0 Å². The lowest BCUT2D eigenvalue weighted by Crippen LogP contribution is -2.36. The molecule has 0 saturated heterocycles. The first-order valence-electron chi connectivity index (χ1n) is 13.0. The summed E-state index contributed by atoms with van der Waals surface area (Å²) in [6.07, 6.45) is 6.94. The molecular formula is C28H42ClN5O3. The average molecular weight is 532 g/mol. The fourth-order valence-corrected chi connectivity index (χ4v) is 4.17. The Balaban J connectivity index is 0.000000478. The number of carbonyl (C=O) groups is 1. The number of anilines is 1. The monoisotopic (exact) mass is 531 g/mol. The lowest BCUT2D eigenvalue weighted by atomic mass is 9.67. The van der Waals surface area contributed by atoms with E-state index in [4.69, 9.17) is 17.3 Å². The van der Waals surface area contributed by atoms with Crippen LogP contribution in [0.25, 0.3) is 10.9 Å². The van der Waals surface area contributed by atoms with Gasteiger partial charge in [-0.25, -0.2) is 14.8 Å². The van der Waals surface area contributed by atoms with Gasteiger partial charge in [0.1, 0.15) is 17.2 Å². The molecule has 0 spiro atoms. The first kappa shape index (κ1) is 32.1. The van der Waals surface area contributed by atoms with Crippen molar-refractivity contribution in [3.05, 3.63) is 62.8 Å². The van der Waals surface area contributed by atoms with Crippen molar-refractivity contribution >= 4 is 34.3 Å². The Hall–Kier alpha value is -2.97. The van der Waals surface area contributed by atoms with E-state index < -0.39 is 5.97 Å². The summed E-state index contributed by atoms with van der Waals surface area (Å²) in [5.41, 5.74) is 7.26. The number of halogens is 1. The molecular weight excluding hydrogens is 490 g/mol. The minimum absolute atomic E-state index is 0.0638. The van der Waals surface area contributed by atoms with E-state index in [9.17, 15) is 14.7 Å². The third kappa shape index (κ3) is 8.01. The second-order valence-corrected chi connectivity index (χ2v) is 8.89. The van der Waals surface area contributed by atoms with Gasteiger partial charge in [0.05, 0.1) is 10.9 Å². The van der Waals surface area contributed by atoms with Crippen LogP contribution in [0.2, 0.25) is 5.02 Å². The standard InChI is InChI=1S/C17H15ClN4O3.C7H15N.2C2H6/c1-9-21-14-10(6-11(18)7-13(14)16(23)22(9)2)8-20-15-12(17(24)25)4-3-5-19-15;1-2-7(6-8)4-3-5-7;2*1-2/h3-7H,8H2,1-2H3,(H,19,20)(H,24,25);2-6,8H2,1H3;2*1-2H3. The normalized spacial score (nSPS) is 13.0. The molecule has 0 aliphatic heterocycles. The number of aryl methyl sites for hydroxylation is 1. The van der Waals surface area contributed by atoms with Crippen LogP contribution in [-0.2, 0) is 13.6 Å². The van der Waals surface area contributed by atoms with Gasteiger partial charge in [-0.05, 0) is 68.0 Å². The van der Waals surface area contributed by atoms with Gasteiger partial charge in [-0.3, -0.25) is 9.36 Å². The lowest BCUT2D eigenvalue weighted by molar-refractivity contribution is 0.0697. The van der Waals surface area contributed by atoms with Crippen molar-refractivity contribution in [2.45, 2.75) is 73.8 Å². The lowest BCUT2D eigenvalue weighted by Gasteiger charge is -2.40. The summed E-state index contributed by atoms with van der Waals surface area (Å²) in [6, 6.07) is 6.30. The predicted octanol–water partition coefficient (Wildman–Crippen LogP) is 6.18. The third-order valence-corrected chi connectivity index (χ3v) is 6.75. The smallest absolute Gasteiger partial charge is 0.339 e. The molecule has 9 heteroatoms. The molecule has 1 aliphatic rings. The van der Waals surface area contributed by atoms with Gasteiger partial charge in [0, 0.05) is 24.8 Å². The molecule has 8 nitrogen and oxygen atoms in total. The molecule has 4 rings (SSSR count). The highest BCUT2D eigenvalue weighted by molar-refractivity contribution is 6.31. The van der Waals surface area contributed by atoms with Crippen LogP contribution in [0.3, 0.4) is 0 Å². The van der Waals surface area contributed by atoms with Crippen LogP contribution in [0.4, 0.5) is 5.82 Å². The number of pyridine rings is 1. The highest BCUT2D eigenvalue weighted by Gasteiger charge is 2.32. The van der Waals surface area contributed by atoms with Crippen LogP contribution in [0.5, 0.6) is 0 Å². The molecule has 0 atom stereocenters. The number of nitrogens with one attached hydrogen (secondary N) is 1. The van der Waals surface area contributed by atoms with Crippen molar-refractivity contribution in [1.29, 1.82) is 0 Å². The first-order valence-corrected chi connectivity index (χ1v) is 13.4. The van der Waals surface area contributed by atoms with Gasteiger partial charge >= 0.3 is 5.97 Å². The number of fused-ring (bicyclic) bond motifs is 1. The van der Waals surface area contributed by atoms with Crippen LogP contribution < -0.4 is 16.6 Å². The molecule has 1 aromatic carbocycles. The number of aromatic carboxylic acids is 1. The summed E-state index contributed by atoms with van der Waals surface area (Å²) in [6.45, 7) is 13.1. The van der Waals surface area contributed by atoms with E-state index in [1.165, 1.54) is 42.5 Å². The number of benzene rings is 1. The zero-order valence-corrected chi connectivity index (χ0v) is 23.9. The van der Waals surface area contributed by atoms with Crippen LogP contribution in [-0.4, -0.2) is 32.2 Å². The van der Waals surface area contributed by atoms with Crippen LogP contribution in [0, 0.1) is 12.3 Å². The summed E-state index contributed by atoms with van der Waals surface area (Å²) >= 11 is 6.14. The molecule has 2 aromatic heterocycles. The number of nitrogens with two attached hydrogens (primary N) is 1. The molecule has 1 saturated carbocycles. The van der Waals surface area contributed by atoms with Crippen molar-refractivity contribution in [2.24, 2.45) is 18.2 Å². The summed E-state index contributed by atoms with van der Waals surface area (Å²) in [5.74, 6) is -0.261. The van der Waals surface area contributed by atoms with Crippen molar-refractivity contribution in [1.82, 2.24) is 14.5 Å². The van der Waals surface area contributed by atoms with Crippen molar-refractivity contribution in [3.8, 4) is 0 Å². The molecule has 4 N–H and O–H groups in total. The molecule has 1 fully saturated rings. The number of nitrogens with zero attached hydrogens (tertiary/aromatic N) is 3. The maximum atomic E-state index is 12.4. The fraction of sp³-hybridized carbons (Fsp3) is 0.500. The van der Waals surface area contributed by atoms with Gasteiger partial charge < -0.3 is 16.2 Å². The minimum Gasteiger partial charge on any atom is -0.478 e. The van der Waals surface area contributed by atoms with Crippen molar-refractivity contribution in [3.63, 3.8) is 0 Å². The Kier molecular flexibility index (Phi) is 13.3. The Morgan fingerprint density at radius 2 is 1.89 bits per heavy atom. The number of aromatic nitrogens is 3. The third-order valence-electron chi connectivity index (χ3n) is 6.53. The molecule has 0 radical (unpaired) electrons. The van der Waals surface area contributed by atoms with Gasteiger partial charge in [-0.2, -0.15) is 0 Å². The summed E-state index contributed by atoms with van der Waals surface area (Å²) in [7, 11) is 1.65. The van der Waals surface area contributed by atoms with E-state index in [1.54, 1.807) is 32.2 Å². The molecule has 3 aromatic rings. The van der Waals surface area contributed by atoms with E-state index >= 15 is 0 Å². The zero-order valence-electron chi connectivity index (χ0n) is 23.2. The molecule has 0 unspecified atom stereocenters.